The summed E-state index contributed by atoms with van der Waals surface area (Å²) in [6.07, 6.45) is 2.63. The largest absolute Gasteiger partial charge is 0.445 e. The molecule has 224 valence electrons. The van der Waals surface area contributed by atoms with Crippen LogP contribution >= 0.6 is 0 Å². The number of alkyl carbamates (subject to hydrolysis) is 2. The first-order valence-corrected chi connectivity index (χ1v) is 14.3. The van der Waals surface area contributed by atoms with E-state index in [0.29, 0.717) is 19.7 Å². The lowest BCUT2D eigenvalue weighted by atomic mass is 10.1. The van der Waals surface area contributed by atoms with Crippen LogP contribution in [-0.4, -0.2) is 67.0 Å². The number of nitrogens with one attached hydrogen (secondary N) is 3. The van der Waals surface area contributed by atoms with Crippen LogP contribution in [0, 0.1) is 0 Å². The Morgan fingerprint density at radius 1 is 0.829 bits per heavy atom. The van der Waals surface area contributed by atoms with E-state index in [9.17, 15) is 14.4 Å². The van der Waals surface area contributed by atoms with E-state index in [4.69, 9.17) is 14.2 Å². The van der Waals surface area contributed by atoms with E-state index in [1.54, 1.807) is 4.90 Å². The molecular weight excluding hydrogens is 524 g/mol. The maximum absolute atomic E-state index is 12.1. The van der Waals surface area contributed by atoms with E-state index >= 15 is 0 Å². The summed E-state index contributed by atoms with van der Waals surface area (Å²) in [7, 11) is 0. The summed E-state index contributed by atoms with van der Waals surface area (Å²) in [6.45, 7) is 9.03. The highest BCUT2D eigenvalue weighted by molar-refractivity contribution is 5.70. The first kappa shape index (κ1) is 31.7. The molecular formula is C31H44N4O6. The lowest BCUT2D eigenvalue weighted by Gasteiger charge is -2.34. The van der Waals surface area contributed by atoms with Crippen LogP contribution in [0.5, 0.6) is 0 Å². The average Bonchev–Trinajstić information content (AvgIpc) is 2.96. The molecule has 2 aromatic carbocycles. The molecule has 2 aliphatic rings. The molecule has 0 bridgehead atoms. The van der Waals surface area contributed by atoms with Gasteiger partial charge in [0.25, 0.3) is 0 Å². The van der Waals surface area contributed by atoms with Gasteiger partial charge in [0.05, 0.1) is 0 Å². The molecule has 2 atom stereocenters. The number of benzene rings is 2. The molecule has 2 aliphatic heterocycles. The maximum Gasteiger partial charge on any atom is 0.410 e. The third-order valence-corrected chi connectivity index (χ3v) is 6.44. The van der Waals surface area contributed by atoms with Crippen molar-refractivity contribution in [2.45, 2.75) is 77.4 Å². The van der Waals surface area contributed by atoms with Crippen molar-refractivity contribution < 1.29 is 28.6 Å². The van der Waals surface area contributed by atoms with Crippen molar-refractivity contribution in [2.75, 3.05) is 26.2 Å². The van der Waals surface area contributed by atoms with Crippen LogP contribution in [-0.2, 0) is 27.4 Å². The van der Waals surface area contributed by atoms with Crippen molar-refractivity contribution in [1.82, 2.24) is 20.9 Å². The first-order chi connectivity index (χ1) is 19.7. The van der Waals surface area contributed by atoms with Gasteiger partial charge in [0.2, 0.25) is 0 Å². The molecule has 4 rings (SSSR count). The number of hydrogen-bond acceptors (Lipinski definition) is 7. The Hall–Kier alpha value is -3.79. The minimum Gasteiger partial charge on any atom is -0.445 e. The summed E-state index contributed by atoms with van der Waals surface area (Å²) in [4.78, 5) is 37.2. The van der Waals surface area contributed by atoms with Crippen LogP contribution in [0.1, 0.15) is 57.6 Å². The summed E-state index contributed by atoms with van der Waals surface area (Å²) in [5.74, 6) is 0. The molecule has 0 saturated carbocycles. The van der Waals surface area contributed by atoms with Gasteiger partial charge >= 0.3 is 18.3 Å². The van der Waals surface area contributed by atoms with Gasteiger partial charge in [-0.25, -0.2) is 14.4 Å². The van der Waals surface area contributed by atoms with Crippen molar-refractivity contribution >= 4 is 18.3 Å². The van der Waals surface area contributed by atoms with Crippen LogP contribution in [0.25, 0.3) is 0 Å². The molecule has 2 fully saturated rings. The second-order valence-corrected chi connectivity index (χ2v) is 11.2. The highest BCUT2D eigenvalue weighted by Gasteiger charge is 2.28. The zero-order chi connectivity index (χ0) is 29.5. The molecule has 10 nitrogen and oxygen atoms in total. The number of nitrogens with zero attached hydrogens (tertiary/aromatic N) is 1. The number of piperidine rings is 2. The van der Waals surface area contributed by atoms with Crippen molar-refractivity contribution in [2.24, 2.45) is 0 Å². The Morgan fingerprint density at radius 2 is 1.37 bits per heavy atom. The summed E-state index contributed by atoms with van der Waals surface area (Å²) in [5, 5.41) is 8.94. The quantitative estimate of drug-likeness (QED) is 0.421. The van der Waals surface area contributed by atoms with Crippen molar-refractivity contribution in [1.29, 1.82) is 0 Å². The Morgan fingerprint density at radius 3 is 1.88 bits per heavy atom. The minimum absolute atomic E-state index is 0.116. The van der Waals surface area contributed by atoms with Gasteiger partial charge in [-0.05, 0) is 64.1 Å². The van der Waals surface area contributed by atoms with Crippen LogP contribution in [0.2, 0.25) is 0 Å². The van der Waals surface area contributed by atoms with Gasteiger partial charge in [0.1, 0.15) is 18.8 Å². The first-order valence-electron chi connectivity index (χ1n) is 14.3. The molecule has 0 unspecified atom stereocenters. The monoisotopic (exact) mass is 568 g/mol. The molecule has 0 aliphatic carbocycles. The van der Waals surface area contributed by atoms with Gasteiger partial charge in [-0.15, -0.1) is 0 Å². The minimum atomic E-state index is -0.522. The van der Waals surface area contributed by atoms with Crippen molar-refractivity contribution in [3.63, 3.8) is 0 Å². The molecule has 0 spiro atoms. The van der Waals surface area contributed by atoms with Gasteiger partial charge in [0.15, 0.2) is 0 Å². The van der Waals surface area contributed by atoms with Crippen LogP contribution < -0.4 is 16.0 Å². The molecule has 3 N–H and O–H groups in total. The Balaban J connectivity index is 0.000000239. The van der Waals surface area contributed by atoms with Crippen LogP contribution in [0.15, 0.2) is 60.7 Å². The standard InChI is InChI=1S/C18H26N2O4.C13H18N2O2/c1-18(2,3)24-17(22)20-11-7-10-15(12-20)19-16(21)23-13-14-8-5-4-6-9-14;16-13(15-12-7-4-8-14-9-12)17-10-11-5-2-1-3-6-11/h4-6,8-9,15H,7,10-13H2,1-3H3,(H,19,21);1-3,5-6,12,14H,4,7-10H2,(H,15,16)/t15-;12-/m11/s1. The average molecular weight is 569 g/mol. The zero-order valence-electron chi connectivity index (χ0n) is 24.4. The number of rotatable bonds is 6. The Kier molecular flexibility index (Phi) is 12.7. The van der Waals surface area contributed by atoms with Gasteiger partial charge in [-0.1, -0.05) is 60.7 Å². The topological polar surface area (TPSA) is 118 Å². The third kappa shape index (κ3) is 12.9. The number of likely N-dealkylation sites (tertiary alicyclic amines) is 1. The predicted molar refractivity (Wildman–Crippen MR) is 156 cm³/mol. The number of ether oxygens (including phenoxy) is 3. The molecule has 0 radical (unpaired) electrons. The Labute approximate surface area is 243 Å². The molecule has 41 heavy (non-hydrogen) atoms. The zero-order valence-corrected chi connectivity index (χ0v) is 24.4. The van der Waals surface area contributed by atoms with E-state index in [1.807, 2.05) is 81.4 Å². The van der Waals surface area contributed by atoms with E-state index in [2.05, 4.69) is 16.0 Å². The van der Waals surface area contributed by atoms with Crippen molar-refractivity contribution in [3.8, 4) is 0 Å². The fourth-order valence-corrected chi connectivity index (χ4v) is 4.43. The van der Waals surface area contributed by atoms with E-state index in [1.165, 1.54) is 0 Å². The molecule has 2 heterocycles. The van der Waals surface area contributed by atoms with Crippen LogP contribution in [0.4, 0.5) is 14.4 Å². The van der Waals surface area contributed by atoms with E-state index in [0.717, 1.165) is 49.9 Å². The van der Waals surface area contributed by atoms with Gasteiger partial charge in [-0.2, -0.15) is 0 Å². The van der Waals surface area contributed by atoms with Crippen molar-refractivity contribution in [3.05, 3.63) is 71.8 Å². The van der Waals surface area contributed by atoms with Gasteiger partial charge in [-0.3, -0.25) is 0 Å². The SMILES string of the molecule is CC(C)(C)OC(=O)N1CCC[C@@H](NC(=O)OCc2ccccc2)C1.O=C(N[C@@H]1CCCNC1)OCc1ccccc1. The Bertz CT molecular complexity index is 1070. The normalized spacial score (nSPS) is 18.7. The lowest BCUT2D eigenvalue weighted by Crippen LogP contribution is -2.50. The molecule has 0 aromatic heterocycles. The third-order valence-electron chi connectivity index (χ3n) is 6.44. The smallest absolute Gasteiger partial charge is 0.410 e. The van der Waals surface area contributed by atoms with Gasteiger partial charge < -0.3 is 35.1 Å². The molecule has 2 aromatic rings. The fraction of sp³-hybridized carbons (Fsp3) is 0.516. The number of carbonyl (C=O) groups excluding carboxylic acids is 3. The van der Waals surface area contributed by atoms with E-state index in [-0.39, 0.29) is 30.9 Å². The molecule has 3 amide bonds. The second-order valence-electron chi connectivity index (χ2n) is 11.2. The lowest BCUT2D eigenvalue weighted by molar-refractivity contribution is 0.0184. The summed E-state index contributed by atoms with van der Waals surface area (Å²) >= 11 is 0. The predicted octanol–water partition coefficient (Wildman–Crippen LogP) is 4.98. The summed E-state index contributed by atoms with van der Waals surface area (Å²) < 4.78 is 15.8. The summed E-state index contributed by atoms with van der Waals surface area (Å²) in [6, 6.07) is 19.3. The number of carbonyl (C=O) groups is 3. The summed E-state index contributed by atoms with van der Waals surface area (Å²) in [5.41, 5.74) is 1.42. The maximum atomic E-state index is 12.1. The number of hydrogen-bond donors (Lipinski definition) is 3. The molecule has 2 saturated heterocycles. The molecule has 10 heteroatoms. The van der Waals surface area contributed by atoms with E-state index < -0.39 is 11.7 Å². The highest BCUT2D eigenvalue weighted by Crippen LogP contribution is 2.15. The van der Waals surface area contributed by atoms with Crippen LogP contribution in [0.3, 0.4) is 0 Å². The second kappa shape index (κ2) is 16.5. The number of amides is 3. The highest BCUT2D eigenvalue weighted by atomic mass is 16.6. The van der Waals surface area contributed by atoms with Gasteiger partial charge in [0, 0.05) is 31.7 Å². The fourth-order valence-electron chi connectivity index (χ4n) is 4.43.